The van der Waals surface area contributed by atoms with Crippen LogP contribution in [-0.2, 0) is 4.79 Å². The Labute approximate surface area is 170 Å². The third-order valence-corrected chi connectivity index (χ3v) is 4.45. The molecule has 28 heavy (non-hydrogen) atoms. The number of hydrogen-bond donors (Lipinski definition) is 2. The zero-order valence-electron chi connectivity index (χ0n) is 15.2. The molecule has 3 aromatic carbocycles. The molecule has 6 nitrogen and oxygen atoms in total. The molecule has 2 N–H and O–H groups in total. The number of aromatic hydroxyl groups is 1. The Bertz CT molecular complexity index is 1020. The Morgan fingerprint density at radius 3 is 2.71 bits per heavy atom. The van der Waals surface area contributed by atoms with Gasteiger partial charge in [-0.25, -0.2) is 5.43 Å². The summed E-state index contributed by atoms with van der Waals surface area (Å²) in [6, 6.07) is 16.9. The predicted octanol–water partition coefficient (Wildman–Crippen LogP) is 4.24. The molecule has 0 saturated heterocycles. The van der Waals surface area contributed by atoms with Crippen LogP contribution in [0, 0.1) is 0 Å². The van der Waals surface area contributed by atoms with E-state index in [1.165, 1.54) is 6.21 Å². The molecule has 3 aromatic rings. The summed E-state index contributed by atoms with van der Waals surface area (Å²) in [4.78, 5) is 11.9. The smallest absolute Gasteiger partial charge is 0.277 e. The maximum atomic E-state index is 11.9. The third-order valence-electron chi connectivity index (χ3n) is 3.84. The minimum atomic E-state index is -0.382. The van der Waals surface area contributed by atoms with Gasteiger partial charge in [-0.05, 0) is 63.5 Å². The first kappa shape index (κ1) is 19.7. The highest BCUT2D eigenvalue weighted by atomic mass is 79.9. The van der Waals surface area contributed by atoms with E-state index in [1.807, 2.05) is 49.4 Å². The molecule has 0 spiro atoms. The molecule has 0 fully saturated rings. The van der Waals surface area contributed by atoms with Crippen molar-refractivity contribution >= 4 is 38.8 Å². The van der Waals surface area contributed by atoms with Crippen LogP contribution in [0.4, 0.5) is 0 Å². The van der Waals surface area contributed by atoms with Gasteiger partial charge in [-0.2, -0.15) is 5.10 Å². The van der Waals surface area contributed by atoms with Gasteiger partial charge in [-0.15, -0.1) is 0 Å². The summed E-state index contributed by atoms with van der Waals surface area (Å²) in [7, 11) is 0. The van der Waals surface area contributed by atoms with Crippen LogP contribution < -0.4 is 14.9 Å². The van der Waals surface area contributed by atoms with E-state index in [1.54, 1.807) is 12.1 Å². The molecule has 144 valence electrons. The van der Waals surface area contributed by atoms with Gasteiger partial charge in [-0.3, -0.25) is 4.79 Å². The number of hydrazone groups is 1. The van der Waals surface area contributed by atoms with Gasteiger partial charge in [0, 0.05) is 0 Å². The molecule has 0 bridgehead atoms. The first-order valence-corrected chi connectivity index (χ1v) is 9.45. The second kappa shape index (κ2) is 9.23. The number of ether oxygens (including phenoxy) is 2. The lowest BCUT2D eigenvalue weighted by Crippen LogP contribution is -2.24. The molecular weight excluding hydrogens is 424 g/mol. The number of carbonyl (C=O) groups excluding carboxylic acids is 1. The van der Waals surface area contributed by atoms with Gasteiger partial charge in [0.05, 0.1) is 17.3 Å². The van der Waals surface area contributed by atoms with Crippen molar-refractivity contribution in [3.63, 3.8) is 0 Å². The molecular formula is C21H19BrN2O4. The molecule has 0 aliphatic rings. The Balaban J connectivity index is 1.56. The lowest BCUT2D eigenvalue weighted by molar-refractivity contribution is -0.123. The van der Waals surface area contributed by atoms with E-state index in [-0.39, 0.29) is 18.3 Å². The van der Waals surface area contributed by atoms with E-state index in [0.29, 0.717) is 28.1 Å². The van der Waals surface area contributed by atoms with Gasteiger partial charge in [0.2, 0.25) is 0 Å². The highest BCUT2D eigenvalue weighted by Gasteiger charge is 2.08. The van der Waals surface area contributed by atoms with Gasteiger partial charge in [0.25, 0.3) is 5.91 Å². The van der Waals surface area contributed by atoms with Crippen LogP contribution in [0.1, 0.15) is 12.5 Å². The van der Waals surface area contributed by atoms with E-state index in [2.05, 4.69) is 26.5 Å². The van der Waals surface area contributed by atoms with Crippen LogP contribution in [0.15, 0.2) is 64.2 Å². The second-order valence-corrected chi connectivity index (χ2v) is 6.73. The lowest BCUT2D eigenvalue weighted by atomic mass is 10.1. The van der Waals surface area contributed by atoms with Crippen LogP contribution in [0.2, 0.25) is 0 Å². The Morgan fingerprint density at radius 1 is 1.14 bits per heavy atom. The van der Waals surface area contributed by atoms with Gasteiger partial charge in [0.15, 0.2) is 18.1 Å². The Morgan fingerprint density at radius 2 is 1.93 bits per heavy atom. The van der Waals surface area contributed by atoms with Crippen molar-refractivity contribution < 1.29 is 19.4 Å². The van der Waals surface area contributed by atoms with E-state index >= 15 is 0 Å². The van der Waals surface area contributed by atoms with Crippen LogP contribution in [-0.4, -0.2) is 30.4 Å². The van der Waals surface area contributed by atoms with E-state index < -0.39 is 0 Å². The molecule has 0 unspecified atom stereocenters. The number of carbonyl (C=O) groups is 1. The minimum Gasteiger partial charge on any atom is -0.503 e. The Hall–Kier alpha value is -3.06. The fourth-order valence-corrected chi connectivity index (χ4v) is 3.01. The summed E-state index contributed by atoms with van der Waals surface area (Å²) in [5.41, 5.74) is 3.07. The fraction of sp³-hybridized carbons (Fsp3) is 0.143. The molecule has 7 heteroatoms. The van der Waals surface area contributed by atoms with Crippen LogP contribution >= 0.6 is 15.9 Å². The number of phenolic OH excluding ortho intramolecular Hbond substituents is 1. The van der Waals surface area contributed by atoms with Gasteiger partial charge in [-0.1, -0.05) is 30.3 Å². The summed E-state index contributed by atoms with van der Waals surface area (Å²) in [5.74, 6) is 0.588. The highest BCUT2D eigenvalue weighted by Crippen LogP contribution is 2.35. The summed E-state index contributed by atoms with van der Waals surface area (Å²) >= 11 is 3.26. The number of rotatable bonds is 7. The van der Waals surface area contributed by atoms with Crippen LogP contribution in [0.5, 0.6) is 17.2 Å². The largest absolute Gasteiger partial charge is 0.503 e. The molecule has 0 aliphatic heterocycles. The molecule has 1 amide bonds. The van der Waals surface area contributed by atoms with Crippen molar-refractivity contribution in [3.8, 4) is 17.2 Å². The summed E-state index contributed by atoms with van der Waals surface area (Å²) < 4.78 is 11.4. The quantitative estimate of drug-likeness (QED) is 0.423. The molecule has 0 heterocycles. The standard InChI is InChI=1S/C21H19BrN2O4/c1-2-27-19-10-14(9-18(22)21(19)26)12-23-24-20(25)13-28-17-8-7-15-5-3-4-6-16(15)11-17/h3-12,26H,2,13H2,1H3,(H,24,25)/b23-12+. The second-order valence-electron chi connectivity index (χ2n) is 5.87. The van der Waals surface area contributed by atoms with E-state index in [9.17, 15) is 9.90 Å². The monoisotopic (exact) mass is 442 g/mol. The number of nitrogens with zero attached hydrogens (tertiary/aromatic N) is 1. The number of benzene rings is 3. The van der Waals surface area contributed by atoms with Crippen molar-refractivity contribution in [2.24, 2.45) is 5.10 Å². The molecule has 3 rings (SSSR count). The van der Waals surface area contributed by atoms with Crippen molar-refractivity contribution in [1.82, 2.24) is 5.43 Å². The highest BCUT2D eigenvalue weighted by molar-refractivity contribution is 9.10. The van der Waals surface area contributed by atoms with Crippen LogP contribution in [0.3, 0.4) is 0 Å². The SMILES string of the molecule is CCOc1cc(/C=N/NC(=O)COc2ccc3ccccc3c2)cc(Br)c1O. The van der Waals surface area contributed by atoms with E-state index in [4.69, 9.17) is 9.47 Å². The number of hydrogen-bond acceptors (Lipinski definition) is 5. The average Bonchev–Trinajstić information content (AvgIpc) is 2.70. The van der Waals surface area contributed by atoms with Crippen molar-refractivity contribution in [3.05, 3.63) is 64.6 Å². The zero-order valence-corrected chi connectivity index (χ0v) is 16.8. The van der Waals surface area contributed by atoms with Gasteiger partial charge in [0.1, 0.15) is 5.75 Å². The third kappa shape index (κ3) is 5.01. The minimum absolute atomic E-state index is 0.0202. The van der Waals surface area contributed by atoms with Gasteiger partial charge >= 0.3 is 0 Å². The fourth-order valence-electron chi connectivity index (χ4n) is 2.55. The first-order chi connectivity index (χ1) is 13.6. The molecule has 0 atom stereocenters. The molecule has 0 aliphatic carbocycles. The average molecular weight is 443 g/mol. The number of halogens is 1. The number of amides is 1. The van der Waals surface area contributed by atoms with Gasteiger partial charge < -0.3 is 14.6 Å². The summed E-state index contributed by atoms with van der Waals surface area (Å²) in [6.07, 6.45) is 1.46. The summed E-state index contributed by atoms with van der Waals surface area (Å²) in [6.45, 7) is 2.09. The number of fused-ring (bicyclic) bond motifs is 1. The first-order valence-electron chi connectivity index (χ1n) is 8.65. The maximum absolute atomic E-state index is 11.9. The lowest BCUT2D eigenvalue weighted by Gasteiger charge is -2.08. The van der Waals surface area contributed by atoms with Crippen molar-refractivity contribution in [1.29, 1.82) is 0 Å². The predicted molar refractivity (Wildman–Crippen MR) is 112 cm³/mol. The van der Waals surface area contributed by atoms with E-state index in [0.717, 1.165) is 10.8 Å². The molecule has 0 aromatic heterocycles. The van der Waals surface area contributed by atoms with Crippen LogP contribution in [0.25, 0.3) is 10.8 Å². The molecule has 0 radical (unpaired) electrons. The summed E-state index contributed by atoms with van der Waals surface area (Å²) in [5, 5.41) is 16.0. The normalized spacial score (nSPS) is 10.9. The Kier molecular flexibility index (Phi) is 6.49. The topological polar surface area (TPSA) is 80.2 Å². The molecule has 0 saturated carbocycles. The maximum Gasteiger partial charge on any atom is 0.277 e. The number of nitrogens with one attached hydrogen (secondary N) is 1. The van der Waals surface area contributed by atoms with Crippen molar-refractivity contribution in [2.75, 3.05) is 13.2 Å². The number of phenols is 1. The van der Waals surface area contributed by atoms with Crippen molar-refractivity contribution in [2.45, 2.75) is 6.92 Å². The zero-order chi connectivity index (χ0) is 19.9.